The molecule has 4 nitrogen and oxygen atoms in total. The minimum Gasteiger partial charge on any atom is -0.458 e. The van der Waals surface area contributed by atoms with E-state index < -0.39 is 11.7 Å². The van der Waals surface area contributed by atoms with Crippen LogP contribution in [0.1, 0.15) is 27.2 Å². The lowest BCUT2D eigenvalue weighted by molar-refractivity contribution is -0.190. The lowest BCUT2D eigenvalue weighted by Crippen LogP contribution is -2.39. The number of carbonyl (C=O) groups is 1. The fourth-order valence-corrected chi connectivity index (χ4v) is 3.65. The van der Waals surface area contributed by atoms with Crippen molar-refractivity contribution in [2.24, 2.45) is 5.92 Å². The third-order valence-corrected chi connectivity index (χ3v) is 4.28. The van der Waals surface area contributed by atoms with E-state index in [4.69, 9.17) is 9.57 Å². The molecule has 2 aliphatic rings. The Morgan fingerprint density at radius 1 is 1.47 bits per heavy atom. The van der Waals surface area contributed by atoms with Crippen LogP contribution >= 0.6 is 11.8 Å². The van der Waals surface area contributed by atoms with Gasteiger partial charge in [-0.05, 0) is 32.9 Å². The molecule has 0 N–H and O–H groups in total. The number of fused-ring (bicyclic) bond motifs is 1. The van der Waals surface area contributed by atoms with Crippen LogP contribution in [0.2, 0.25) is 0 Å². The normalized spacial score (nSPS) is 34.5. The van der Waals surface area contributed by atoms with Crippen molar-refractivity contribution in [3.8, 4) is 0 Å². The van der Waals surface area contributed by atoms with E-state index in [1.54, 1.807) is 0 Å². The maximum absolute atomic E-state index is 12.1. The van der Waals surface area contributed by atoms with Gasteiger partial charge in [-0.2, -0.15) is 16.8 Å². The van der Waals surface area contributed by atoms with Crippen LogP contribution in [0.15, 0.2) is 0 Å². The van der Waals surface area contributed by atoms with Crippen molar-refractivity contribution in [2.75, 3.05) is 18.6 Å². The van der Waals surface area contributed by atoms with Gasteiger partial charge in [-0.3, -0.25) is 4.84 Å². The Hall–Kier alpha value is -0.260. The highest BCUT2D eigenvalue weighted by atomic mass is 32.2. The summed E-state index contributed by atoms with van der Waals surface area (Å²) in [6.45, 7) is 5.66. The predicted molar refractivity (Wildman–Crippen MR) is 67.7 cm³/mol. The molecule has 2 fully saturated rings. The highest BCUT2D eigenvalue weighted by Gasteiger charge is 2.47. The van der Waals surface area contributed by atoms with Gasteiger partial charge >= 0.3 is 5.97 Å². The molecule has 0 saturated carbocycles. The second kappa shape index (κ2) is 4.78. The number of rotatable bonds is 1. The Morgan fingerprint density at radius 3 is 2.82 bits per heavy atom. The maximum atomic E-state index is 12.1. The molecule has 5 heteroatoms. The van der Waals surface area contributed by atoms with Gasteiger partial charge in [-0.1, -0.05) is 0 Å². The zero-order chi connectivity index (χ0) is 12.6. The Labute approximate surface area is 107 Å². The van der Waals surface area contributed by atoms with E-state index in [0.717, 1.165) is 17.9 Å². The third-order valence-electron chi connectivity index (χ3n) is 3.14. The molecule has 0 spiro atoms. The monoisotopic (exact) mass is 259 g/mol. The molecule has 2 rings (SSSR count). The average molecular weight is 259 g/mol. The van der Waals surface area contributed by atoms with Gasteiger partial charge in [-0.15, -0.1) is 0 Å². The van der Waals surface area contributed by atoms with Crippen molar-refractivity contribution in [3.63, 3.8) is 0 Å². The molecule has 0 aromatic rings. The quantitative estimate of drug-likeness (QED) is 0.670. The van der Waals surface area contributed by atoms with Crippen molar-refractivity contribution < 1.29 is 14.4 Å². The molecule has 2 aliphatic heterocycles. The number of esters is 1. The van der Waals surface area contributed by atoms with E-state index in [1.165, 1.54) is 0 Å². The zero-order valence-corrected chi connectivity index (χ0v) is 11.8. The zero-order valence-electron chi connectivity index (χ0n) is 10.9. The molecule has 0 bridgehead atoms. The molecule has 98 valence electrons. The maximum Gasteiger partial charge on any atom is 0.338 e. The van der Waals surface area contributed by atoms with Gasteiger partial charge in [0.05, 0.1) is 0 Å². The largest absolute Gasteiger partial charge is 0.458 e. The number of nitrogens with zero attached hydrogens (tertiary/aromatic N) is 1. The highest BCUT2D eigenvalue weighted by Crippen LogP contribution is 2.36. The lowest BCUT2D eigenvalue weighted by Gasteiger charge is -2.28. The van der Waals surface area contributed by atoms with E-state index >= 15 is 0 Å². The summed E-state index contributed by atoms with van der Waals surface area (Å²) in [5.41, 5.74) is -0.446. The average Bonchev–Trinajstić information content (AvgIpc) is 2.55. The number of ether oxygens (including phenoxy) is 1. The molecule has 0 amide bonds. The van der Waals surface area contributed by atoms with Gasteiger partial charge < -0.3 is 4.74 Å². The summed E-state index contributed by atoms with van der Waals surface area (Å²) in [4.78, 5) is 17.7. The molecule has 2 saturated heterocycles. The van der Waals surface area contributed by atoms with E-state index in [9.17, 15) is 4.79 Å². The smallest absolute Gasteiger partial charge is 0.338 e. The number of thioether (sulfide) groups is 1. The Bertz CT molecular complexity index is 303. The van der Waals surface area contributed by atoms with E-state index in [2.05, 4.69) is 0 Å². The van der Waals surface area contributed by atoms with Gasteiger partial charge in [0, 0.05) is 24.8 Å². The molecule has 2 heterocycles. The standard InChI is InChI=1S/C12H21NO3S/c1-12(2,3)15-11(14)10-8-7-17-6-5-9(8)13(4)16-10/h8-10H,5-7H2,1-4H3/t8-,9+,10-/m0/s1. The van der Waals surface area contributed by atoms with Gasteiger partial charge in [-0.25, -0.2) is 4.79 Å². The van der Waals surface area contributed by atoms with Crippen molar-refractivity contribution >= 4 is 17.7 Å². The summed E-state index contributed by atoms with van der Waals surface area (Å²) in [5.74, 6) is 2.18. The Balaban J connectivity index is 2.04. The Morgan fingerprint density at radius 2 is 2.18 bits per heavy atom. The van der Waals surface area contributed by atoms with Gasteiger partial charge in [0.25, 0.3) is 0 Å². The van der Waals surface area contributed by atoms with Crippen LogP contribution < -0.4 is 0 Å². The van der Waals surface area contributed by atoms with Gasteiger partial charge in [0.1, 0.15) is 5.60 Å². The van der Waals surface area contributed by atoms with Crippen LogP contribution in [0.3, 0.4) is 0 Å². The van der Waals surface area contributed by atoms with Crippen LogP contribution in [-0.4, -0.2) is 47.3 Å². The Kier molecular flexibility index (Phi) is 3.71. The van der Waals surface area contributed by atoms with Gasteiger partial charge in [0.2, 0.25) is 0 Å². The van der Waals surface area contributed by atoms with Crippen LogP contribution in [0.25, 0.3) is 0 Å². The summed E-state index contributed by atoms with van der Waals surface area (Å²) >= 11 is 1.90. The minimum atomic E-state index is -0.446. The second-order valence-corrected chi connectivity index (χ2v) is 6.85. The molecule has 0 aromatic carbocycles. The molecular weight excluding hydrogens is 238 g/mol. The molecule has 17 heavy (non-hydrogen) atoms. The molecule has 0 aliphatic carbocycles. The second-order valence-electron chi connectivity index (χ2n) is 5.70. The van der Waals surface area contributed by atoms with E-state index in [0.29, 0.717) is 6.04 Å². The van der Waals surface area contributed by atoms with Crippen molar-refractivity contribution in [1.29, 1.82) is 0 Å². The third kappa shape index (κ3) is 2.95. The fraction of sp³-hybridized carbons (Fsp3) is 0.917. The number of hydrogen-bond acceptors (Lipinski definition) is 5. The summed E-state index contributed by atoms with van der Waals surface area (Å²) in [5, 5.41) is 1.85. The summed E-state index contributed by atoms with van der Waals surface area (Å²) < 4.78 is 5.42. The number of hydrogen-bond donors (Lipinski definition) is 0. The summed E-state index contributed by atoms with van der Waals surface area (Å²) in [6, 6.07) is 0.369. The van der Waals surface area contributed by atoms with Crippen LogP contribution in [0.4, 0.5) is 0 Å². The lowest BCUT2D eigenvalue weighted by atomic mass is 9.94. The molecular formula is C12H21NO3S. The molecule has 0 aromatic heterocycles. The topological polar surface area (TPSA) is 38.8 Å². The van der Waals surface area contributed by atoms with Crippen LogP contribution in [0, 0.1) is 5.92 Å². The van der Waals surface area contributed by atoms with E-state index in [1.807, 2.05) is 44.6 Å². The molecule has 3 atom stereocenters. The fourth-order valence-electron chi connectivity index (χ4n) is 2.40. The first-order valence-corrected chi connectivity index (χ1v) is 7.24. The van der Waals surface area contributed by atoms with Crippen molar-refractivity contribution in [1.82, 2.24) is 5.06 Å². The first-order valence-electron chi connectivity index (χ1n) is 6.09. The summed E-state index contributed by atoms with van der Waals surface area (Å²) in [6.07, 6.45) is 0.669. The minimum absolute atomic E-state index is 0.223. The first kappa shape index (κ1) is 13.2. The van der Waals surface area contributed by atoms with Crippen molar-refractivity contribution in [3.05, 3.63) is 0 Å². The SMILES string of the molecule is CN1O[C@H](C(=O)OC(C)(C)C)[C@H]2CSCC[C@H]21. The van der Waals surface area contributed by atoms with E-state index in [-0.39, 0.29) is 11.9 Å². The predicted octanol–water partition coefficient (Wildman–Crippen LogP) is 1.70. The molecule has 0 unspecified atom stereocenters. The van der Waals surface area contributed by atoms with Crippen LogP contribution in [-0.2, 0) is 14.4 Å². The van der Waals surface area contributed by atoms with Gasteiger partial charge in [0.15, 0.2) is 6.10 Å². The number of hydroxylamine groups is 2. The highest BCUT2D eigenvalue weighted by molar-refractivity contribution is 7.99. The molecule has 0 radical (unpaired) electrons. The summed E-state index contributed by atoms with van der Waals surface area (Å²) in [7, 11) is 1.91. The van der Waals surface area contributed by atoms with Crippen molar-refractivity contribution in [2.45, 2.75) is 44.9 Å². The van der Waals surface area contributed by atoms with Crippen LogP contribution in [0.5, 0.6) is 0 Å². The number of carbonyl (C=O) groups excluding carboxylic acids is 1. The first-order chi connectivity index (χ1) is 7.88.